The first-order valence-corrected chi connectivity index (χ1v) is 7.77. The van der Waals surface area contributed by atoms with Crippen molar-refractivity contribution in [2.45, 2.75) is 13.8 Å². The van der Waals surface area contributed by atoms with Crippen LogP contribution >= 0.6 is 24.0 Å². The van der Waals surface area contributed by atoms with Gasteiger partial charge in [-0.25, -0.2) is 0 Å². The Morgan fingerprint density at radius 2 is 2.19 bits per heavy atom. The lowest BCUT2D eigenvalue weighted by Gasteiger charge is -2.16. The number of thioether (sulfide) groups is 1. The SMILES string of the molecule is COc1cc(C=C2SC(=S)N(CC(C)C)C2=O)ccc1O. The number of nitrogens with zero attached hydrogens (tertiary/aromatic N) is 1. The number of rotatable bonds is 4. The van der Waals surface area contributed by atoms with Crippen molar-refractivity contribution in [1.29, 1.82) is 0 Å². The Balaban J connectivity index is 2.26. The number of hydrogen-bond donors (Lipinski definition) is 1. The molecular weight excluding hydrogens is 306 g/mol. The lowest BCUT2D eigenvalue weighted by Crippen LogP contribution is -2.31. The number of ether oxygens (including phenoxy) is 1. The molecule has 0 aromatic heterocycles. The minimum atomic E-state index is -0.0641. The van der Waals surface area contributed by atoms with Gasteiger partial charge in [-0.2, -0.15) is 0 Å². The predicted octanol–water partition coefficient (Wildman–Crippen LogP) is 3.26. The van der Waals surface area contributed by atoms with E-state index in [0.29, 0.717) is 27.4 Å². The van der Waals surface area contributed by atoms with Crippen molar-refractivity contribution < 1.29 is 14.6 Å². The van der Waals surface area contributed by atoms with E-state index in [2.05, 4.69) is 0 Å². The zero-order chi connectivity index (χ0) is 15.6. The van der Waals surface area contributed by atoms with E-state index in [9.17, 15) is 9.90 Å². The Morgan fingerprint density at radius 1 is 1.48 bits per heavy atom. The van der Waals surface area contributed by atoms with Gasteiger partial charge in [0.05, 0.1) is 12.0 Å². The molecule has 1 amide bonds. The summed E-state index contributed by atoms with van der Waals surface area (Å²) in [6.45, 7) is 4.72. The molecule has 6 heteroatoms. The quantitative estimate of drug-likeness (QED) is 0.681. The highest BCUT2D eigenvalue weighted by Crippen LogP contribution is 2.34. The Labute approximate surface area is 133 Å². The molecule has 0 bridgehead atoms. The highest BCUT2D eigenvalue weighted by atomic mass is 32.2. The molecule has 1 aliphatic rings. The molecule has 0 unspecified atom stereocenters. The van der Waals surface area contributed by atoms with Gasteiger partial charge < -0.3 is 9.84 Å². The molecule has 112 valence electrons. The van der Waals surface area contributed by atoms with Gasteiger partial charge in [-0.15, -0.1) is 0 Å². The Morgan fingerprint density at radius 3 is 2.81 bits per heavy atom. The normalized spacial score (nSPS) is 17.1. The van der Waals surface area contributed by atoms with E-state index in [1.807, 2.05) is 13.8 Å². The fourth-order valence-corrected chi connectivity index (χ4v) is 3.23. The third-order valence-electron chi connectivity index (χ3n) is 2.92. The lowest BCUT2D eigenvalue weighted by atomic mass is 10.1. The topological polar surface area (TPSA) is 49.8 Å². The van der Waals surface area contributed by atoms with Crippen LogP contribution in [-0.4, -0.2) is 33.9 Å². The molecule has 21 heavy (non-hydrogen) atoms. The van der Waals surface area contributed by atoms with Crippen LogP contribution in [0.15, 0.2) is 23.1 Å². The van der Waals surface area contributed by atoms with Crippen LogP contribution in [0.2, 0.25) is 0 Å². The first-order valence-electron chi connectivity index (χ1n) is 6.54. The number of methoxy groups -OCH3 is 1. The smallest absolute Gasteiger partial charge is 0.266 e. The van der Waals surface area contributed by atoms with Gasteiger partial charge >= 0.3 is 0 Å². The second-order valence-electron chi connectivity index (χ2n) is 5.12. The minimum Gasteiger partial charge on any atom is -0.504 e. The van der Waals surface area contributed by atoms with Crippen molar-refractivity contribution in [3.05, 3.63) is 28.7 Å². The molecule has 1 heterocycles. The van der Waals surface area contributed by atoms with E-state index < -0.39 is 0 Å². The summed E-state index contributed by atoms with van der Waals surface area (Å²) in [5.74, 6) is 0.745. The van der Waals surface area contributed by atoms with Gasteiger partial charge in [0.2, 0.25) is 0 Å². The van der Waals surface area contributed by atoms with Crippen LogP contribution in [-0.2, 0) is 4.79 Å². The summed E-state index contributed by atoms with van der Waals surface area (Å²) in [6, 6.07) is 4.96. The zero-order valence-corrected chi connectivity index (χ0v) is 13.8. The van der Waals surface area contributed by atoms with Gasteiger partial charge in [0, 0.05) is 6.54 Å². The third-order valence-corrected chi connectivity index (χ3v) is 4.30. The van der Waals surface area contributed by atoms with Crippen molar-refractivity contribution in [2.24, 2.45) is 5.92 Å². The molecule has 1 aromatic rings. The molecule has 2 rings (SSSR count). The number of carbonyl (C=O) groups is 1. The van der Waals surface area contributed by atoms with E-state index in [0.717, 1.165) is 5.56 Å². The second kappa shape index (κ2) is 6.49. The lowest BCUT2D eigenvalue weighted by molar-refractivity contribution is -0.122. The van der Waals surface area contributed by atoms with Gasteiger partial charge in [0.25, 0.3) is 5.91 Å². The third kappa shape index (κ3) is 3.57. The number of thiocarbonyl (C=S) groups is 1. The molecule has 1 aliphatic heterocycles. The van der Waals surface area contributed by atoms with E-state index in [1.165, 1.54) is 18.9 Å². The number of amides is 1. The molecule has 0 saturated carbocycles. The van der Waals surface area contributed by atoms with Crippen molar-refractivity contribution in [2.75, 3.05) is 13.7 Å². The highest BCUT2D eigenvalue weighted by Gasteiger charge is 2.32. The average Bonchev–Trinajstić information content (AvgIpc) is 2.68. The fourth-order valence-electron chi connectivity index (χ4n) is 1.96. The summed E-state index contributed by atoms with van der Waals surface area (Å²) in [7, 11) is 1.49. The van der Waals surface area contributed by atoms with Gasteiger partial charge in [-0.05, 0) is 29.7 Å². The summed E-state index contributed by atoms with van der Waals surface area (Å²) in [5.41, 5.74) is 0.787. The van der Waals surface area contributed by atoms with Crippen LogP contribution in [0.25, 0.3) is 6.08 Å². The molecule has 4 nitrogen and oxygen atoms in total. The standard InChI is InChI=1S/C15H17NO3S2/c1-9(2)8-16-14(18)13(21-15(16)20)7-10-4-5-11(17)12(6-10)19-3/h4-7,9,17H,8H2,1-3H3. The van der Waals surface area contributed by atoms with Crippen LogP contribution in [0.4, 0.5) is 0 Å². The van der Waals surface area contributed by atoms with Crippen LogP contribution < -0.4 is 4.74 Å². The van der Waals surface area contributed by atoms with Crippen LogP contribution in [0.5, 0.6) is 11.5 Å². The molecule has 1 fully saturated rings. The Bertz CT molecular complexity index is 611. The molecule has 1 N–H and O–H groups in total. The first-order chi connectivity index (χ1) is 9.92. The van der Waals surface area contributed by atoms with E-state index >= 15 is 0 Å². The summed E-state index contributed by atoms with van der Waals surface area (Å²) < 4.78 is 5.65. The van der Waals surface area contributed by atoms with Crippen LogP contribution in [0.3, 0.4) is 0 Å². The largest absolute Gasteiger partial charge is 0.504 e. The molecule has 0 aliphatic carbocycles. The maximum Gasteiger partial charge on any atom is 0.266 e. The van der Waals surface area contributed by atoms with E-state index in [4.69, 9.17) is 17.0 Å². The second-order valence-corrected chi connectivity index (χ2v) is 6.79. The van der Waals surface area contributed by atoms with E-state index in [1.54, 1.807) is 29.2 Å². The van der Waals surface area contributed by atoms with Gasteiger partial charge in [-0.3, -0.25) is 9.69 Å². The Kier molecular flexibility index (Phi) is 4.90. The number of carbonyl (C=O) groups excluding carboxylic acids is 1. The molecule has 1 aromatic carbocycles. The minimum absolute atomic E-state index is 0.0641. The summed E-state index contributed by atoms with van der Waals surface area (Å²) in [4.78, 5) is 14.6. The van der Waals surface area contributed by atoms with Crippen molar-refractivity contribution in [3.8, 4) is 11.5 Å². The average molecular weight is 323 g/mol. The fraction of sp³-hybridized carbons (Fsp3) is 0.333. The molecule has 1 saturated heterocycles. The molecular formula is C15H17NO3S2. The molecule has 0 radical (unpaired) electrons. The van der Waals surface area contributed by atoms with Crippen LogP contribution in [0.1, 0.15) is 19.4 Å². The number of phenols is 1. The number of phenolic OH excluding ortho intramolecular Hbond substituents is 1. The Hall–Kier alpha value is -1.53. The predicted molar refractivity (Wildman–Crippen MR) is 89.4 cm³/mol. The molecule has 0 spiro atoms. The van der Waals surface area contributed by atoms with Crippen LogP contribution in [0, 0.1) is 5.92 Å². The summed E-state index contributed by atoms with van der Waals surface area (Å²) >= 11 is 6.56. The van der Waals surface area contributed by atoms with E-state index in [-0.39, 0.29) is 11.7 Å². The van der Waals surface area contributed by atoms with Crippen molar-refractivity contribution >= 4 is 40.3 Å². The summed E-state index contributed by atoms with van der Waals surface area (Å²) in [5, 5.41) is 9.58. The highest BCUT2D eigenvalue weighted by molar-refractivity contribution is 8.26. The van der Waals surface area contributed by atoms with Crippen molar-refractivity contribution in [3.63, 3.8) is 0 Å². The van der Waals surface area contributed by atoms with Gasteiger partial charge in [0.1, 0.15) is 4.32 Å². The van der Waals surface area contributed by atoms with Crippen molar-refractivity contribution in [1.82, 2.24) is 4.90 Å². The number of benzene rings is 1. The number of aromatic hydroxyl groups is 1. The molecule has 0 atom stereocenters. The maximum absolute atomic E-state index is 12.3. The maximum atomic E-state index is 12.3. The summed E-state index contributed by atoms with van der Waals surface area (Å²) in [6.07, 6.45) is 1.77. The van der Waals surface area contributed by atoms with Gasteiger partial charge in [-0.1, -0.05) is 43.9 Å². The first kappa shape index (κ1) is 15.9. The zero-order valence-electron chi connectivity index (χ0n) is 12.1. The van der Waals surface area contributed by atoms with Gasteiger partial charge in [0.15, 0.2) is 11.5 Å². The number of hydrogen-bond acceptors (Lipinski definition) is 5. The monoisotopic (exact) mass is 323 g/mol.